The third kappa shape index (κ3) is 3.81. The fraction of sp³-hybridized carbons (Fsp3) is 0.727. The van der Waals surface area contributed by atoms with Crippen LogP contribution in [0.15, 0.2) is 4.52 Å². The molecule has 0 saturated heterocycles. The minimum Gasteiger partial charge on any atom is -0.339 e. The molecule has 0 N–H and O–H groups in total. The van der Waals surface area contributed by atoms with Gasteiger partial charge in [-0.2, -0.15) is 4.98 Å². The molecule has 0 aromatic carbocycles. The molecule has 1 rings (SSSR count). The van der Waals surface area contributed by atoms with E-state index < -0.39 is 0 Å². The van der Waals surface area contributed by atoms with Crippen molar-refractivity contribution < 1.29 is 9.32 Å². The summed E-state index contributed by atoms with van der Waals surface area (Å²) in [6.45, 7) is 5.86. The average molecular weight is 210 g/mol. The average Bonchev–Trinajstić information content (AvgIpc) is 2.62. The first-order valence-electron chi connectivity index (χ1n) is 5.47. The van der Waals surface area contributed by atoms with Gasteiger partial charge in [0, 0.05) is 12.3 Å². The molecule has 0 amide bonds. The number of carbonyl (C=O) groups excluding carboxylic acids is 1. The highest BCUT2D eigenvalue weighted by molar-refractivity contribution is 5.81. The van der Waals surface area contributed by atoms with Gasteiger partial charge in [-0.25, -0.2) is 0 Å². The number of hydrogen-bond acceptors (Lipinski definition) is 4. The first kappa shape index (κ1) is 11.9. The number of unbranched alkanes of at least 4 members (excludes halogenated alkanes) is 1. The van der Waals surface area contributed by atoms with E-state index in [1.54, 1.807) is 0 Å². The van der Waals surface area contributed by atoms with Gasteiger partial charge in [0.15, 0.2) is 5.82 Å². The molecule has 1 aromatic heterocycles. The van der Waals surface area contributed by atoms with Crippen LogP contribution in [0, 0.1) is 5.92 Å². The number of ketones is 1. The fourth-order valence-electron chi connectivity index (χ4n) is 1.15. The summed E-state index contributed by atoms with van der Waals surface area (Å²) in [4.78, 5) is 15.6. The number of aromatic nitrogens is 2. The number of nitrogens with zero attached hydrogens (tertiary/aromatic N) is 2. The van der Waals surface area contributed by atoms with Gasteiger partial charge in [0.25, 0.3) is 0 Å². The summed E-state index contributed by atoms with van der Waals surface area (Å²) in [5.41, 5.74) is 0. The van der Waals surface area contributed by atoms with E-state index in [1.165, 1.54) is 0 Å². The molecule has 4 nitrogen and oxygen atoms in total. The lowest BCUT2D eigenvalue weighted by Gasteiger charge is -1.98. The molecule has 0 aliphatic rings. The smallest absolute Gasteiger partial charge is 0.234 e. The normalized spacial score (nSPS) is 10.9. The predicted molar refractivity (Wildman–Crippen MR) is 56.5 cm³/mol. The standard InChI is InChI=1S/C11H18N2O2/c1-4-5-6-10-12-11(15-13-10)7-9(14)8(2)3/h8H,4-7H2,1-3H3. The molecule has 15 heavy (non-hydrogen) atoms. The summed E-state index contributed by atoms with van der Waals surface area (Å²) >= 11 is 0. The number of Topliss-reactive ketones (excluding diaryl/α,β-unsaturated/α-hetero) is 1. The van der Waals surface area contributed by atoms with Crippen LogP contribution in [-0.4, -0.2) is 15.9 Å². The van der Waals surface area contributed by atoms with Gasteiger partial charge in [-0.3, -0.25) is 4.79 Å². The molecule has 0 fully saturated rings. The lowest BCUT2D eigenvalue weighted by Crippen LogP contribution is -2.10. The van der Waals surface area contributed by atoms with E-state index in [0.29, 0.717) is 11.7 Å². The van der Waals surface area contributed by atoms with Crippen LogP contribution in [0.3, 0.4) is 0 Å². The summed E-state index contributed by atoms with van der Waals surface area (Å²) < 4.78 is 5.00. The minimum absolute atomic E-state index is 0.0241. The molecule has 4 heteroatoms. The Morgan fingerprint density at radius 3 is 2.80 bits per heavy atom. The molecule has 0 bridgehead atoms. The molecule has 0 aliphatic heterocycles. The fourth-order valence-corrected chi connectivity index (χ4v) is 1.15. The highest BCUT2D eigenvalue weighted by atomic mass is 16.5. The highest BCUT2D eigenvalue weighted by Crippen LogP contribution is 2.06. The van der Waals surface area contributed by atoms with Crippen LogP contribution in [0.2, 0.25) is 0 Å². The molecule has 1 aromatic rings. The van der Waals surface area contributed by atoms with E-state index in [4.69, 9.17) is 4.52 Å². The second kappa shape index (κ2) is 5.63. The maximum absolute atomic E-state index is 11.4. The van der Waals surface area contributed by atoms with E-state index in [9.17, 15) is 4.79 Å². The van der Waals surface area contributed by atoms with Crippen molar-refractivity contribution in [1.29, 1.82) is 0 Å². The van der Waals surface area contributed by atoms with Gasteiger partial charge in [-0.05, 0) is 6.42 Å². The molecular formula is C11H18N2O2. The zero-order valence-electron chi connectivity index (χ0n) is 9.62. The summed E-state index contributed by atoms with van der Waals surface area (Å²) in [6.07, 6.45) is 3.25. The molecule has 1 heterocycles. The van der Waals surface area contributed by atoms with Crippen LogP contribution in [0.4, 0.5) is 0 Å². The molecule has 0 atom stereocenters. The molecule has 0 saturated carbocycles. The minimum atomic E-state index is 0.0241. The van der Waals surface area contributed by atoms with Crippen molar-refractivity contribution >= 4 is 5.78 Å². The molecule has 0 aliphatic carbocycles. The Kier molecular flexibility index (Phi) is 4.46. The van der Waals surface area contributed by atoms with E-state index >= 15 is 0 Å². The van der Waals surface area contributed by atoms with Crippen molar-refractivity contribution in [2.45, 2.75) is 46.5 Å². The second-order valence-corrected chi connectivity index (χ2v) is 4.01. The van der Waals surface area contributed by atoms with Gasteiger partial charge in [0.2, 0.25) is 5.89 Å². The van der Waals surface area contributed by atoms with Crippen molar-refractivity contribution in [2.75, 3.05) is 0 Å². The summed E-state index contributed by atoms with van der Waals surface area (Å²) in [6, 6.07) is 0. The predicted octanol–water partition coefficient (Wildman–Crippen LogP) is 2.18. The Morgan fingerprint density at radius 1 is 1.47 bits per heavy atom. The van der Waals surface area contributed by atoms with Gasteiger partial charge < -0.3 is 4.52 Å². The Labute approximate surface area is 90.1 Å². The van der Waals surface area contributed by atoms with E-state index in [-0.39, 0.29) is 18.1 Å². The van der Waals surface area contributed by atoms with Crippen molar-refractivity contribution in [1.82, 2.24) is 10.1 Å². The van der Waals surface area contributed by atoms with Crippen LogP contribution in [-0.2, 0) is 17.6 Å². The number of carbonyl (C=O) groups is 1. The van der Waals surface area contributed by atoms with Gasteiger partial charge in [0.1, 0.15) is 5.78 Å². The molecule has 0 unspecified atom stereocenters. The molecule has 84 valence electrons. The Hall–Kier alpha value is -1.19. The molecular weight excluding hydrogens is 192 g/mol. The summed E-state index contributed by atoms with van der Waals surface area (Å²) in [5.74, 6) is 1.32. The van der Waals surface area contributed by atoms with Gasteiger partial charge in [-0.15, -0.1) is 0 Å². The van der Waals surface area contributed by atoms with Crippen LogP contribution in [0.1, 0.15) is 45.3 Å². The Morgan fingerprint density at radius 2 is 2.20 bits per heavy atom. The van der Waals surface area contributed by atoms with Crippen LogP contribution in [0.25, 0.3) is 0 Å². The van der Waals surface area contributed by atoms with Crippen LogP contribution < -0.4 is 0 Å². The summed E-state index contributed by atoms with van der Waals surface area (Å²) in [5, 5.41) is 3.83. The lowest BCUT2D eigenvalue weighted by atomic mass is 10.1. The Bertz CT molecular complexity index is 318. The van der Waals surface area contributed by atoms with E-state index in [0.717, 1.165) is 19.3 Å². The van der Waals surface area contributed by atoms with Gasteiger partial charge in [0.05, 0.1) is 6.42 Å². The zero-order valence-corrected chi connectivity index (χ0v) is 9.62. The maximum atomic E-state index is 11.4. The molecule has 0 spiro atoms. The Balaban J connectivity index is 2.49. The van der Waals surface area contributed by atoms with Crippen LogP contribution in [0.5, 0.6) is 0 Å². The van der Waals surface area contributed by atoms with Crippen molar-refractivity contribution in [3.05, 3.63) is 11.7 Å². The van der Waals surface area contributed by atoms with Crippen molar-refractivity contribution in [3.8, 4) is 0 Å². The number of rotatable bonds is 6. The van der Waals surface area contributed by atoms with Crippen molar-refractivity contribution in [2.24, 2.45) is 5.92 Å². The van der Waals surface area contributed by atoms with E-state index in [1.807, 2.05) is 13.8 Å². The van der Waals surface area contributed by atoms with E-state index in [2.05, 4.69) is 17.1 Å². The van der Waals surface area contributed by atoms with Crippen molar-refractivity contribution in [3.63, 3.8) is 0 Å². The monoisotopic (exact) mass is 210 g/mol. The van der Waals surface area contributed by atoms with Gasteiger partial charge >= 0.3 is 0 Å². The second-order valence-electron chi connectivity index (χ2n) is 4.01. The quantitative estimate of drug-likeness (QED) is 0.722. The first-order chi connectivity index (χ1) is 7.13. The third-order valence-corrected chi connectivity index (χ3v) is 2.23. The maximum Gasteiger partial charge on any atom is 0.234 e. The molecule has 0 radical (unpaired) electrons. The van der Waals surface area contributed by atoms with Crippen LogP contribution >= 0.6 is 0 Å². The SMILES string of the molecule is CCCCc1noc(CC(=O)C(C)C)n1. The number of hydrogen-bond donors (Lipinski definition) is 0. The van der Waals surface area contributed by atoms with Gasteiger partial charge in [-0.1, -0.05) is 32.3 Å². The first-order valence-corrected chi connectivity index (χ1v) is 5.47. The number of aryl methyl sites for hydroxylation is 1. The third-order valence-electron chi connectivity index (χ3n) is 2.23. The lowest BCUT2D eigenvalue weighted by molar-refractivity contribution is -0.121. The zero-order chi connectivity index (χ0) is 11.3. The largest absolute Gasteiger partial charge is 0.339 e. The summed E-state index contributed by atoms with van der Waals surface area (Å²) in [7, 11) is 0. The highest BCUT2D eigenvalue weighted by Gasteiger charge is 2.13. The topological polar surface area (TPSA) is 56.0 Å².